The second-order valence-corrected chi connectivity index (χ2v) is 3.83. The van der Waals surface area contributed by atoms with Crippen LogP contribution in [0.1, 0.15) is 5.56 Å². The van der Waals surface area contributed by atoms with Crippen LogP contribution in [0.15, 0.2) is 42.5 Å². The maximum absolute atomic E-state index is 5.73. The second kappa shape index (κ2) is 4.27. The molecular weight excluding hydrogens is 198 g/mol. The third-order valence-electron chi connectivity index (χ3n) is 2.59. The van der Waals surface area contributed by atoms with Crippen molar-refractivity contribution >= 4 is 5.69 Å². The molecule has 0 saturated carbocycles. The van der Waals surface area contributed by atoms with Gasteiger partial charge < -0.3 is 10.5 Å². The quantitative estimate of drug-likeness (QED) is 0.777. The number of aryl methyl sites for hydroxylation is 1. The number of nitrogen functional groups attached to an aromatic ring is 1. The average Bonchev–Trinajstić information content (AvgIpc) is 2.30. The lowest BCUT2D eigenvalue weighted by Crippen LogP contribution is -1.91. The smallest absolute Gasteiger partial charge is 0.128 e. The lowest BCUT2D eigenvalue weighted by molar-refractivity contribution is 0.416. The molecule has 2 aromatic rings. The Morgan fingerprint density at radius 3 is 2.31 bits per heavy atom. The Morgan fingerprint density at radius 2 is 1.69 bits per heavy atom. The molecule has 16 heavy (non-hydrogen) atoms. The van der Waals surface area contributed by atoms with Gasteiger partial charge in [0, 0.05) is 17.3 Å². The topological polar surface area (TPSA) is 35.2 Å². The van der Waals surface area contributed by atoms with Crippen LogP contribution in [0.2, 0.25) is 0 Å². The van der Waals surface area contributed by atoms with Gasteiger partial charge in [-0.1, -0.05) is 29.8 Å². The van der Waals surface area contributed by atoms with Crippen LogP contribution in [0.4, 0.5) is 5.69 Å². The molecule has 0 aliphatic carbocycles. The normalized spacial score (nSPS) is 10.1. The van der Waals surface area contributed by atoms with Crippen molar-refractivity contribution < 1.29 is 4.74 Å². The molecule has 0 radical (unpaired) electrons. The van der Waals surface area contributed by atoms with Gasteiger partial charge in [0.25, 0.3) is 0 Å². The summed E-state index contributed by atoms with van der Waals surface area (Å²) in [6, 6.07) is 14.1. The molecular formula is C14H15NO. The molecule has 2 nitrogen and oxygen atoms in total. The van der Waals surface area contributed by atoms with Gasteiger partial charge in [-0.15, -0.1) is 0 Å². The summed E-state index contributed by atoms with van der Waals surface area (Å²) in [5, 5.41) is 0. The Labute approximate surface area is 95.7 Å². The summed E-state index contributed by atoms with van der Waals surface area (Å²) in [5.41, 5.74) is 9.90. The van der Waals surface area contributed by atoms with Crippen molar-refractivity contribution in [3.8, 4) is 16.9 Å². The number of ether oxygens (including phenoxy) is 1. The van der Waals surface area contributed by atoms with Gasteiger partial charge in [-0.25, -0.2) is 0 Å². The molecule has 0 saturated heterocycles. The van der Waals surface area contributed by atoms with Crippen molar-refractivity contribution in [2.24, 2.45) is 0 Å². The zero-order chi connectivity index (χ0) is 11.5. The molecule has 0 amide bonds. The van der Waals surface area contributed by atoms with E-state index in [0.717, 1.165) is 16.9 Å². The van der Waals surface area contributed by atoms with Crippen LogP contribution in [0.5, 0.6) is 5.75 Å². The second-order valence-electron chi connectivity index (χ2n) is 3.83. The van der Waals surface area contributed by atoms with Crippen molar-refractivity contribution in [2.75, 3.05) is 12.8 Å². The van der Waals surface area contributed by atoms with E-state index in [4.69, 9.17) is 10.5 Å². The highest BCUT2D eigenvalue weighted by atomic mass is 16.5. The van der Waals surface area contributed by atoms with E-state index in [9.17, 15) is 0 Å². The number of benzene rings is 2. The molecule has 0 aromatic heterocycles. The number of hydrogen-bond donors (Lipinski definition) is 1. The zero-order valence-electron chi connectivity index (χ0n) is 9.53. The number of anilines is 1. The van der Waals surface area contributed by atoms with Crippen LogP contribution >= 0.6 is 0 Å². The summed E-state index contributed by atoms with van der Waals surface area (Å²) in [7, 11) is 1.66. The summed E-state index contributed by atoms with van der Waals surface area (Å²) < 4.78 is 5.33. The van der Waals surface area contributed by atoms with Gasteiger partial charge >= 0.3 is 0 Å². The van der Waals surface area contributed by atoms with Crippen molar-refractivity contribution in [1.29, 1.82) is 0 Å². The van der Waals surface area contributed by atoms with Crippen LogP contribution in [-0.2, 0) is 0 Å². The predicted molar refractivity (Wildman–Crippen MR) is 67.6 cm³/mol. The van der Waals surface area contributed by atoms with Gasteiger partial charge in [-0.3, -0.25) is 0 Å². The van der Waals surface area contributed by atoms with Crippen molar-refractivity contribution in [1.82, 2.24) is 0 Å². The summed E-state index contributed by atoms with van der Waals surface area (Å²) in [4.78, 5) is 0. The van der Waals surface area contributed by atoms with E-state index in [1.54, 1.807) is 7.11 Å². The van der Waals surface area contributed by atoms with E-state index in [-0.39, 0.29) is 0 Å². The van der Waals surface area contributed by atoms with Gasteiger partial charge in [0.15, 0.2) is 0 Å². The lowest BCUT2D eigenvalue weighted by atomic mass is 10.0. The molecule has 0 aliphatic rings. The van der Waals surface area contributed by atoms with E-state index in [1.807, 2.05) is 18.2 Å². The maximum Gasteiger partial charge on any atom is 0.128 e. The Balaban J connectivity index is 2.51. The molecule has 2 aromatic carbocycles. The fourth-order valence-electron chi connectivity index (χ4n) is 1.68. The third-order valence-corrected chi connectivity index (χ3v) is 2.59. The van der Waals surface area contributed by atoms with Crippen LogP contribution in [-0.4, -0.2) is 7.11 Å². The van der Waals surface area contributed by atoms with Crippen LogP contribution < -0.4 is 10.5 Å². The maximum atomic E-state index is 5.73. The molecule has 2 heteroatoms. The van der Waals surface area contributed by atoms with Gasteiger partial charge in [0.2, 0.25) is 0 Å². The summed E-state index contributed by atoms with van der Waals surface area (Å²) in [5.74, 6) is 0.809. The molecule has 0 bridgehead atoms. The molecule has 0 aliphatic heterocycles. The number of nitrogens with two attached hydrogens (primary N) is 1. The largest absolute Gasteiger partial charge is 0.496 e. The van der Waals surface area contributed by atoms with Crippen LogP contribution in [0, 0.1) is 6.92 Å². The predicted octanol–water partition coefficient (Wildman–Crippen LogP) is 3.25. The first kappa shape index (κ1) is 10.6. The Morgan fingerprint density at radius 1 is 1.00 bits per heavy atom. The zero-order valence-corrected chi connectivity index (χ0v) is 9.53. The van der Waals surface area contributed by atoms with Gasteiger partial charge in [0.05, 0.1) is 7.11 Å². The van der Waals surface area contributed by atoms with Crippen LogP contribution in [0.25, 0.3) is 11.1 Å². The molecule has 2 N–H and O–H groups in total. The first-order chi connectivity index (χ1) is 7.70. The number of methoxy groups -OCH3 is 1. The van der Waals surface area contributed by atoms with E-state index in [1.165, 1.54) is 5.56 Å². The number of rotatable bonds is 2. The Hall–Kier alpha value is -1.96. The van der Waals surface area contributed by atoms with Gasteiger partial charge in [0.1, 0.15) is 5.75 Å². The molecule has 0 fully saturated rings. The molecule has 0 unspecified atom stereocenters. The Bertz CT molecular complexity index is 489. The fourth-order valence-corrected chi connectivity index (χ4v) is 1.68. The van der Waals surface area contributed by atoms with E-state index >= 15 is 0 Å². The highest BCUT2D eigenvalue weighted by Gasteiger charge is 2.05. The molecule has 82 valence electrons. The molecule has 2 rings (SSSR count). The highest BCUT2D eigenvalue weighted by Crippen LogP contribution is 2.31. The third kappa shape index (κ3) is 2.01. The van der Waals surface area contributed by atoms with E-state index in [2.05, 4.69) is 31.2 Å². The van der Waals surface area contributed by atoms with E-state index < -0.39 is 0 Å². The SMILES string of the molecule is COc1cc(N)ccc1-c1ccc(C)cc1. The summed E-state index contributed by atoms with van der Waals surface area (Å²) >= 11 is 0. The van der Waals surface area contributed by atoms with Crippen LogP contribution in [0.3, 0.4) is 0 Å². The Kier molecular flexibility index (Phi) is 2.82. The average molecular weight is 213 g/mol. The summed E-state index contributed by atoms with van der Waals surface area (Å²) in [6.07, 6.45) is 0. The standard InChI is InChI=1S/C14H15NO/c1-10-3-5-11(6-4-10)13-8-7-12(15)9-14(13)16-2/h3-9H,15H2,1-2H3. The fraction of sp³-hybridized carbons (Fsp3) is 0.143. The van der Waals surface area contributed by atoms with Crippen molar-refractivity contribution in [3.63, 3.8) is 0 Å². The minimum Gasteiger partial charge on any atom is -0.496 e. The number of hydrogen-bond acceptors (Lipinski definition) is 2. The lowest BCUT2D eigenvalue weighted by Gasteiger charge is -2.09. The van der Waals surface area contributed by atoms with Gasteiger partial charge in [-0.2, -0.15) is 0 Å². The van der Waals surface area contributed by atoms with Gasteiger partial charge in [-0.05, 0) is 24.6 Å². The minimum absolute atomic E-state index is 0.715. The minimum atomic E-state index is 0.715. The first-order valence-electron chi connectivity index (χ1n) is 5.21. The van der Waals surface area contributed by atoms with Crippen molar-refractivity contribution in [2.45, 2.75) is 6.92 Å². The monoisotopic (exact) mass is 213 g/mol. The highest BCUT2D eigenvalue weighted by molar-refractivity contribution is 5.73. The molecule has 0 spiro atoms. The summed E-state index contributed by atoms with van der Waals surface area (Å²) in [6.45, 7) is 2.07. The molecule has 0 atom stereocenters. The molecule has 0 heterocycles. The first-order valence-corrected chi connectivity index (χ1v) is 5.21. The van der Waals surface area contributed by atoms with Crippen molar-refractivity contribution in [3.05, 3.63) is 48.0 Å². The van der Waals surface area contributed by atoms with E-state index in [0.29, 0.717) is 5.69 Å².